The Morgan fingerprint density at radius 3 is 2.58 bits per heavy atom. The van der Waals surface area contributed by atoms with Gasteiger partial charge in [-0.15, -0.1) is 0 Å². The zero-order chi connectivity index (χ0) is 7.97. The second-order valence-electron chi connectivity index (χ2n) is 3.79. The van der Waals surface area contributed by atoms with Crippen molar-refractivity contribution < 1.29 is 4.74 Å². The molecular formula is C11H12O. The molecule has 3 atom stereocenters. The number of epoxide rings is 1. The maximum Gasteiger partial charge on any atom is 0.0844 e. The Morgan fingerprint density at radius 2 is 1.92 bits per heavy atom. The molecule has 1 aliphatic heterocycles. The van der Waals surface area contributed by atoms with Crippen LogP contribution in [0.4, 0.5) is 0 Å². The summed E-state index contributed by atoms with van der Waals surface area (Å²) in [4.78, 5) is 0. The van der Waals surface area contributed by atoms with E-state index >= 15 is 0 Å². The van der Waals surface area contributed by atoms with Crippen LogP contribution in [0, 0.1) is 5.92 Å². The lowest BCUT2D eigenvalue weighted by Gasteiger charge is -1.96. The van der Waals surface area contributed by atoms with E-state index in [4.69, 9.17) is 4.74 Å². The van der Waals surface area contributed by atoms with Crippen molar-refractivity contribution in [3.63, 3.8) is 0 Å². The molecule has 2 aliphatic rings. The van der Waals surface area contributed by atoms with Crippen LogP contribution in [0.3, 0.4) is 0 Å². The van der Waals surface area contributed by atoms with Gasteiger partial charge in [0.25, 0.3) is 0 Å². The van der Waals surface area contributed by atoms with E-state index in [1.807, 2.05) is 0 Å². The van der Waals surface area contributed by atoms with Crippen molar-refractivity contribution in [2.24, 2.45) is 5.92 Å². The molecule has 1 heterocycles. The summed E-state index contributed by atoms with van der Waals surface area (Å²) < 4.78 is 5.28. The molecule has 0 aromatic heterocycles. The Hall–Kier alpha value is -0.820. The molecule has 1 unspecified atom stereocenters. The molecule has 3 rings (SSSR count). The quantitative estimate of drug-likeness (QED) is 0.604. The first kappa shape index (κ1) is 6.67. The maximum atomic E-state index is 5.28. The summed E-state index contributed by atoms with van der Waals surface area (Å²) in [5.41, 5.74) is 1.50. The van der Waals surface area contributed by atoms with Crippen LogP contribution in [0.2, 0.25) is 0 Å². The van der Waals surface area contributed by atoms with Gasteiger partial charge in [-0.25, -0.2) is 0 Å². The highest BCUT2D eigenvalue weighted by molar-refractivity contribution is 5.26. The Balaban J connectivity index is 1.76. The van der Waals surface area contributed by atoms with Gasteiger partial charge in [-0.1, -0.05) is 30.3 Å². The Morgan fingerprint density at radius 1 is 1.17 bits per heavy atom. The molecule has 0 N–H and O–H groups in total. The van der Waals surface area contributed by atoms with Crippen LogP contribution in [0.5, 0.6) is 0 Å². The fourth-order valence-electron chi connectivity index (χ4n) is 2.01. The molecule has 0 bridgehead atoms. The van der Waals surface area contributed by atoms with Crippen LogP contribution in [-0.4, -0.2) is 12.7 Å². The van der Waals surface area contributed by atoms with Gasteiger partial charge < -0.3 is 4.74 Å². The minimum Gasteiger partial charge on any atom is -0.373 e. The van der Waals surface area contributed by atoms with Crippen molar-refractivity contribution in [2.75, 3.05) is 6.61 Å². The van der Waals surface area contributed by atoms with Crippen LogP contribution < -0.4 is 0 Å². The van der Waals surface area contributed by atoms with Crippen molar-refractivity contribution in [3.05, 3.63) is 35.9 Å². The van der Waals surface area contributed by atoms with Crippen LogP contribution in [0.25, 0.3) is 0 Å². The van der Waals surface area contributed by atoms with Gasteiger partial charge in [0, 0.05) is 0 Å². The summed E-state index contributed by atoms with van der Waals surface area (Å²) in [6, 6.07) is 10.8. The zero-order valence-electron chi connectivity index (χ0n) is 6.94. The molecule has 1 heteroatoms. The minimum atomic E-state index is 0.607. The van der Waals surface area contributed by atoms with E-state index in [-0.39, 0.29) is 0 Å². The van der Waals surface area contributed by atoms with Gasteiger partial charge in [-0.05, 0) is 23.8 Å². The fourth-order valence-corrected chi connectivity index (χ4v) is 2.01. The van der Waals surface area contributed by atoms with E-state index in [0.717, 1.165) is 18.4 Å². The van der Waals surface area contributed by atoms with Crippen LogP contribution in [0.1, 0.15) is 17.9 Å². The highest BCUT2D eigenvalue weighted by atomic mass is 16.6. The highest BCUT2D eigenvalue weighted by Crippen LogP contribution is 2.53. The summed E-state index contributed by atoms with van der Waals surface area (Å²) in [5.74, 6) is 1.64. The number of ether oxygens (including phenoxy) is 1. The van der Waals surface area contributed by atoms with Gasteiger partial charge in [0.15, 0.2) is 0 Å². The molecule has 0 amide bonds. The molecular weight excluding hydrogens is 148 g/mol. The lowest BCUT2D eigenvalue weighted by Crippen LogP contribution is -1.90. The molecule has 1 saturated heterocycles. The standard InChI is InChI=1S/C11H12O/c1-2-4-8(5-3-1)9-6-10(9)11-7-12-11/h1-5,9-11H,6-7H2/t9-,10+,11?/m1/s1. The fraction of sp³-hybridized carbons (Fsp3) is 0.455. The van der Waals surface area contributed by atoms with Crippen molar-refractivity contribution in [1.29, 1.82) is 0 Å². The molecule has 1 saturated carbocycles. The van der Waals surface area contributed by atoms with E-state index < -0.39 is 0 Å². The van der Waals surface area contributed by atoms with Crippen LogP contribution in [-0.2, 0) is 4.74 Å². The van der Waals surface area contributed by atoms with E-state index in [0.29, 0.717) is 6.10 Å². The average Bonchev–Trinajstić information content (AvgIpc) is 2.99. The van der Waals surface area contributed by atoms with E-state index in [1.165, 1.54) is 12.0 Å². The summed E-state index contributed by atoms with van der Waals surface area (Å²) in [5, 5.41) is 0. The Bertz CT molecular complexity index is 276. The Kier molecular flexibility index (Phi) is 1.30. The molecule has 62 valence electrons. The maximum absolute atomic E-state index is 5.28. The summed E-state index contributed by atoms with van der Waals surface area (Å²) in [7, 11) is 0. The van der Waals surface area contributed by atoms with Gasteiger partial charge in [0.2, 0.25) is 0 Å². The monoisotopic (exact) mass is 160 g/mol. The van der Waals surface area contributed by atoms with Gasteiger partial charge in [-0.2, -0.15) is 0 Å². The van der Waals surface area contributed by atoms with Gasteiger partial charge >= 0.3 is 0 Å². The predicted octanol–water partition coefficient (Wildman–Crippen LogP) is 2.19. The van der Waals surface area contributed by atoms with Crippen molar-refractivity contribution in [1.82, 2.24) is 0 Å². The zero-order valence-corrected chi connectivity index (χ0v) is 6.94. The highest BCUT2D eigenvalue weighted by Gasteiger charge is 2.49. The number of benzene rings is 1. The summed E-state index contributed by atoms with van der Waals surface area (Å²) in [6.45, 7) is 1.01. The smallest absolute Gasteiger partial charge is 0.0844 e. The molecule has 2 fully saturated rings. The first-order chi connectivity index (χ1) is 5.95. The lowest BCUT2D eigenvalue weighted by molar-refractivity contribution is 0.384. The predicted molar refractivity (Wildman–Crippen MR) is 47.0 cm³/mol. The topological polar surface area (TPSA) is 12.5 Å². The number of hydrogen-bond acceptors (Lipinski definition) is 1. The van der Waals surface area contributed by atoms with Gasteiger partial charge in [0.1, 0.15) is 0 Å². The molecule has 1 aromatic rings. The lowest BCUT2D eigenvalue weighted by atomic mass is 10.1. The molecule has 12 heavy (non-hydrogen) atoms. The normalized spacial score (nSPS) is 37.8. The summed E-state index contributed by atoms with van der Waals surface area (Å²) in [6.07, 6.45) is 1.95. The third-order valence-electron chi connectivity index (χ3n) is 2.90. The second kappa shape index (κ2) is 2.33. The second-order valence-corrected chi connectivity index (χ2v) is 3.79. The summed E-state index contributed by atoms with van der Waals surface area (Å²) >= 11 is 0. The van der Waals surface area contributed by atoms with Gasteiger partial charge in [-0.3, -0.25) is 0 Å². The number of rotatable bonds is 2. The minimum absolute atomic E-state index is 0.607. The molecule has 1 aliphatic carbocycles. The first-order valence-corrected chi connectivity index (χ1v) is 4.62. The molecule has 0 radical (unpaired) electrons. The van der Waals surface area contributed by atoms with Crippen molar-refractivity contribution in [2.45, 2.75) is 18.4 Å². The largest absolute Gasteiger partial charge is 0.373 e. The van der Waals surface area contributed by atoms with Crippen LogP contribution in [0.15, 0.2) is 30.3 Å². The third-order valence-corrected chi connectivity index (χ3v) is 2.90. The van der Waals surface area contributed by atoms with Crippen LogP contribution >= 0.6 is 0 Å². The van der Waals surface area contributed by atoms with Gasteiger partial charge in [0.05, 0.1) is 12.7 Å². The Labute approximate surface area is 72.4 Å². The van der Waals surface area contributed by atoms with E-state index in [1.54, 1.807) is 0 Å². The third kappa shape index (κ3) is 1.05. The van der Waals surface area contributed by atoms with Crippen molar-refractivity contribution >= 4 is 0 Å². The van der Waals surface area contributed by atoms with E-state index in [2.05, 4.69) is 30.3 Å². The first-order valence-electron chi connectivity index (χ1n) is 4.62. The number of hydrogen-bond donors (Lipinski definition) is 0. The molecule has 1 nitrogen and oxygen atoms in total. The SMILES string of the molecule is c1ccc([C@H]2C[C@@H]2C2CO2)cc1. The average molecular weight is 160 g/mol. The molecule has 0 spiro atoms. The molecule has 1 aromatic carbocycles. The van der Waals surface area contributed by atoms with Crippen molar-refractivity contribution in [3.8, 4) is 0 Å². The van der Waals surface area contributed by atoms with E-state index in [9.17, 15) is 0 Å².